The minimum atomic E-state index is -0.245. The molecule has 2 aliphatic heterocycles. The zero-order valence-electron chi connectivity index (χ0n) is 16.4. The summed E-state index contributed by atoms with van der Waals surface area (Å²) in [5.74, 6) is -0.153. The molecular weight excluding hydrogens is 353 g/mol. The van der Waals surface area contributed by atoms with Crippen LogP contribution in [0.3, 0.4) is 0 Å². The van der Waals surface area contributed by atoms with Gasteiger partial charge in [0.25, 0.3) is 0 Å². The summed E-state index contributed by atoms with van der Waals surface area (Å²) in [6.07, 6.45) is 4.30. The van der Waals surface area contributed by atoms with Crippen molar-refractivity contribution in [2.24, 2.45) is 0 Å². The van der Waals surface area contributed by atoms with E-state index in [0.29, 0.717) is 6.04 Å². The van der Waals surface area contributed by atoms with Crippen LogP contribution in [0.1, 0.15) is 25.7 Å². The zero-order valence-corrected chi connectivity index (χ0v) is 16.4. The number of anilines is 1. The topological polar surface area (TPSA) is 35.6 Å². The van der Waals surface area contributed by atoms with Gasteiger partial charge in [-0.1, -0.05) is 24.3 Å². The van der Waals surface area contributed by atoms with Crippen LogP contribution in [0, 0.1) is 5.82 Å². The minimum Gasteiger partial charge on any atom is -0.325 e. The van der Waals surface area contributed by atoms with E-state index in [1.54, 1.807) is 6.07 Å². The molecule has 4 nitrogen and oxygen atoms in total. The van der Waals surface area contributed by atoms with Gasteiger partial charge in [-0.05, 0) is 87.8 Å². The van der Waals surface area contributed by atoms with Crippen LogP contribution in [-0.2, 0) is 4.79 Å². The summed E-state index contributed by atoms with van der Waals surface area (Å²) in [7, 11) is 2.16. The summed E-state index contributed by atoms with van der Waals surface area (Å²) >= 11 is 0. The molecule has 1 atom stereocenters. The van der Waals surface area contributed by atoms with Crippen LogP contribution in [-0.4, -0.2) is 54.5 Å². The van der Waals surface area contributed by atoms with Gasteiger partial charge in [0.2, 0.25) is 5.91 Å². The van der Waals surface area contributed by atoms with E-state index >= 15 is 0 Å². The first-order valence-electron chi connectivity index (χ1n) is 10.2. The molecule has 1 amide bonds. The molecule has 2 aromatic carbocycles. The second kappa shape index (κ2) is 8.41. The van der Waals surface area contributed by atoms with Crippen LogP contribution >= 0.6 is 0 Å². The van der Waals surface area contributed by atoms with Crippen molar-refractivity contribution in [1.82, 2.24) is 9.80 Å². The van der Waals surface area contributed by atoms with Crippen LogP contribution in [0.15, 0.2) is 48.5 Å². The zero-order chi connectivity index (χ0) is 19.5. The van der Waals surface area contributed by atoms with Crippen molar-refractivity contribution in [2.75, 3.05) is 32.0 Å². The van der Waals surface area contributed by atoms with Crippen molar-refractivity contribution in [3.05, 3.63) is 54.3 Å². The van der Waals surface area contributed by atoms with Gasteiger partial charge in [0, 0.05) is 11.7 Å². The average Bonchev–Trinajstić information content (AvgIpc) is 3.19. The van der Waals surface area contributed by atoms with Crippen molar-refractivity contribution < 1.29 is 9.18 Å². The van der Waals surface area contributed by atoms with Crippen molar-refractivity contribution in [3.63, 3.8) is 0 Å². The number of nitrogens with one attached hydrogen (secondary N) is 1. The highest BCUT2D eigenvalue weighted by atomic mass is 19.1. The maximum atomic E-state index is 13.4. The first-order chi connectivity index (χ1) is 13.6. The lowest BCUT2D eigenvalue weighted by Gasteiger charge is -2.37. The summed E-state index contributed by atoms with van der Waals surface area (Å²) in [5.41, 5.74) is 2.56. The van der Waals surface area contributed by atoms with Crippen molar-refractivity contribution >= 4 is 11.6 Å². The Kier molecular flexibility index (Phi) is 5.74. The molecule has 0 saturated carbocycles. The van der Waals surface area contributed by atoms with Gasteiger partial charge in [0.1, 0.15) is 5.82 Å². The highest BCUT2D eigenvalue weighted by Crippen LogP contribution is 2.27. The third-order valence-electron chi connectivity index (χ3n) is 6.06. The highest BCUT2D eigenvalue weighted by molar-refractivity contribution is 5.95. The molecular formula is C23H28FN3O. The predicted molar refractivity (Wildman–Crippen MR) is 111 cm³/mol. The number of rotatable bonds is 4. The first kappa shape index (κ1) is 19.1. The van der Waals surface area contributed by atoms with Gasteiger partial charge in [-0.3, -0.25) is 9.69 Å². The number of hydrogen-bond acceptors (Lipinski definition) is 3. The van der Waals surface area contributed by atoms with Gasteiger partial charge >= 0.3 is 0 Å². The van der Waals surface area contributed by atoms with E-state index < -0.39 is 0 Å². The second-order valence-corrected chi connectivity index (χ2v) is 8.01. The molecule has 148 valence electrons. The number of halogens is 1. The van der Waals surface area contributed by atoms with E-state index in [4.69, 9.17) is 0 Å². The van der Waals surface area contributed by atoms with Gasteiger partial charge in [-0.25, -0.2) is 4.39 Å². The maximum Gasteiger partial charge on any atom is 0.241 e. The van der Waals surface area contributed by atoms with Gasteiger partial charge in [-0.15, -0.1) is 0 Å². The molecule has 2 aromatic rings. The molecule has 2 fully saturated rings. The van der Waals surface area contributed by atoms with Crippen LogP contribution in [0.4, 0.5) is 10.1 Å². The maximum absolute atomic E-state index is 13.4. The Morgan fingerprint density at radius 2 is 1.75 bits per heavy atom. The van der Waals surface area contributed by atoms with Crippen molar-refractivity contribution in [1.29, 1.82) is 0 Å². The Hall–Kier alpha value is -2.24. The number of amides is 1. The quantitative estimate of drug-likeness (QED) is 0.870. The Balaban J connectivity index is 1.40. The molecule has 2 heterocycles. The average molecular weight is 381 g/mol. The fourth-order valence-corrected chi connectivity index (χ4v) is 4.47. The van der Waals surface area contributed by atoms with E-state index in [0.717, 1.165) is 62.1 Å². The standard InChI is InChI=1S/C23H28FN3O/c1-26-14-11-21(12-15-26)27-13-3-6-22(27)23(28)25-20-9-7-17(8-10-20)18-4-2-5-19(24)16-18/h2,4-5,7-10,16,21-22H,3,6,11-15H2,1H3,(H,25,28)/t22-/m1/s1. The minimum absolute atomic E-state index is 0.0312. The molecule has 0 unspecified atom stereocenters. The smallest absolute Gasteiger partial charge is 0.241 e. The summed E-state index contributed by atoms with van der Waals surface area (Å²) in [5, 5.41) is 3.09. The number of carbonyl (C=O) groups is 1. The molecule has 4 rings (SSSR count). The highest BCUT2D eigenvalue weighted by Gasteiger charge is 2.36. The molecule has 0 bridgehead atoms. The lowest BCUT2D eigenvalue weighted by atomic mass is 10.0. The van der Waals surface area contributed by atoms with Gasteiger partial charge in [0.15, 0.2) is 0 Å². The van der Waals surface area contributed by atoms with Gasteiger partial charge < -0.3 is 10.2 Å². The number of likely N-dealkylation sites (tertiary alicyclic amines) is 2. The number of benzene rings is 2. The fourth-order valence-electron chi connectivity index (χ4n) is 4.47. The lowest BCUT2D eigenvalue weighted by molar-refractivity contribution is -0.121. The number of nitrogens with zero attached hydrogens (tertiary/aromatic N) is 2. The Bertz CT molecular complexity index is 815. The second-order valence-electron chi connectivity index (χ2n) is 8.01. The van der Waals surface area contributed by atoms with Gasteiger partial charge in [0.05, 0.1) is 6.04 Å². The molecule has 1 N–H and O–H groups in total. The third kappa shape index (κ3) is 4.26. The Morgan fingerprint density at radius 3 is 2.46 bits per heavy atom. The molecule has 0 spiro atoms. The SMILES string of the molecule is CN1CCC(N2CCC[C@@H]2C(=O)Nc2ccc(-c3cccc(F)c3)cc2)CC1. The third-order valence-corrected chi connectivity index (χ3v) is 6.06. The van der Waals surface area contributed by atoms with E-state index in [1.807, 2.05) is 30.3 Å². The molecule has 0 aromatic heterocycles. The van der Waals surface area contributed by atoms with E-state index in [1.165, 1.54) is 12.1 Å². The molecule has 2 aliphatic rings. The Morgan fingerprint density at radius 1 is 1.00 bits per heavy atom. The van der Waals surface area contributed by atoms with Crippen LogP contribution < -0.4 is 5.32 Å². The lowest BCUT2D eigenvalue weighted by Crippen LogP contribution is -2.49. The molecule has 28 heavy (non-hydrogen) atoms. The first-order valence-corrected chi connectivity index (χ1v) is 10.2. The summed E-state index contributed by atoms with van der Waals surface area (Å²) in [6, 6.07) is 14.7. The van der Waals surface area contributed by atoms with Crippen molar-refractivity contribution in [2.45, 2.75) is 37.8 Å². The summed E-state index contributed by atoms with van der Waals surface area (Å²) in [6.45, 7) is 3.24. The normalized spacial score (nSPS) is 21.7. The molecule has 0 aliphatic carbocycles. The molecule has 0 radical (unpaired) electrons. The molecule has 2 saturated heterocycles. The van der Waals surface area contributed by atoms with Crippen molar-refractivity contribution in [3.8, 4) is 11.1 Å². The number of piperidine rings is 1. The Labute approximate surface area is 166 Å². The monoisotopic (exact) mass is 381 g/mol. The number of carbonyl (C=O) groups excluding carboxylic acids is 1. The molecule has 5 heteroatoms. The summed E-state index contributed by atoms with van der Waals surface area (Å²) < 4.78 is 13.4. The summed E-state index contributed by atoms with van der Waals surface area (Å²) in [4.78, 5) is 17.7. The largest absolute Gasteiger partial charge is 0.325 e. The number of hydrogen-bond donors (Lipinski definition) is 1. The fraction of sp³-hybridized carbons (Fsp3) is 0.435. The van der Waals surface area contributed by atoms with E-state index in [9.17, 15) is 9.18 Å². The van der Waals surface area contributed by atoms with Crippen LogP contribution in [0.25, 0.3) is 11.1 Å². The van der Waals surface area contributed by atoms with E-state index in [-0.39, 0.29) is 17.8 Å². The van der Waals surface area contributed by atoms with Gasteiger partial charge in [-0.2, -0.15) is 0 Å². The predicted octanol–water partition coefficient (Wildman–Crippen LogP) is 3.99. The van der Waals surface area contributed by atoms with Crippen LogP contribution in [0.2, 0.25) is 0 Å². The van der Waals surface area contributed by atoms with Crippen LogP contribution in [0.5, 0.6) is 0 Å². The van der Waals surface area contributed by atoms with E-state index in [2.05, 4.69) is 22.2 Å².